The fraction of sp³-hybridized carbons (Fsp3) is 0. The van der Waals surface area contributed by atoms with Crippen molar-refractivity contribution in [1.82, 2.24) is 0 Å². The van der Waals surface area contributed by atoms with Gasteiger partial charge in [-0.05, 0) is 209 Å². The van der Waals surface area contributed by atoms with E-state index in [1.54, 1.807) is 0 Å². The molecule has 0 saturated carbocycles. The molecule has 6 aliphatic heterocycles. The van der Waals surface area contributed by atoms with Crippen LogP contribution in [0.15, 0.2) is 382 Å². The molecule has 18 aromatic carbocycles. The Morgan fingerprint density at radius 1 is 0.158 bits per heavy atom. The molecule has 0 saturated heterocycles. The van der Waals surface area contributed by atoms with Gasteiger partial charge in [-0.25, -0.2) is 0 Å². The maximum absolute atomic E-state index is 6.53. The van der Waals surface area contributed by atoms with Gasteiger partial charge < -0.3 is 28.4 Å². The molecule has 0 N–H and O–H groups in total. The van der Waals surface area contributed by atoms with E-state index in [0.717, 1.165) is 119 Å². The Kier molecular flexibility index (Phi) is 15.8. The summed E-state index contributed by atoms with van der Waals surface area (Å²) in [7, 11) is 0. The molecule has 12 heteroatoms. The summed E-state index contributed by atoms with van der Waals surface area (Å²) in [4.78, 5) is 0. The summed E-state index contributed by atoms with van der Waals surface area (Å²) in [5, 5.41) is 7.92. The lowest BCUT2D eigenvalue weighted by Gasteiger charge is -2.33. The highest BCUT2D eigenvalue weighted by Gasteiger charge is 2.44. The predicted molar refractivity (Wildman–Crippen MR) is 504 cm³/mol. The van der Waals surface area contributed by atoms with Crippen molar-refractivity contribution in [3.63, 3.8) is 0 Å². The quantitative estimate of drug-likeness (QED) is 0.155. The summed E-state index contributed by atoms with van der Waals surface area (Å²) in [6, 6.07) is 136. The van der Waals surface area contributed by atoms with Crippen molar-refractivity contribution < 1.29 is 28.4 Å². The third kappa shape index (κ3) is 11.2. The van der Waals surface area contributed by atoms with Crippen molar-refractivity contribution in [3.05, 3.63) is 382 Å². The molecule has 558 valence electrons. The maximum atomic E-state index is 6.53. The van der Waals surface area contributed by atoms with E-state index in [1.165, 1.54) is 127 Å². The van der Waals surface area contributed by atoms with Crippen molar-refractivity contribution in [2.24, 2.45) is 0 Å². The van der Waals surface area contributed by atoms with Crippen LogP contribution in [0.5, 0.6) is 69.0 Å². The van der Waals surface area contributed by atoms with Gasteiger partial charge in [-0.15, -0.1) is 34.0 Å². The van der Waals surface area contributed by atoms with E-state index < -0.39 is 0 Å². The molecule has 0 atom stereocenters. The number of thiophene rings is 3. The van der Waals surface area contributed by atoms with Crippen LogP contribution in [0.2, 0.25) is 0 Å². The van der Waals surface area contributed by atoms with E-state index in [4.69, 9.17) is 28.4 Å². The number of para-hydroxylation sites is 6. The first-order valence-electron chi connectivity index (χ1n) is 40.6. The van der Waals surface area contributed by atoms with Crippen molar-refractivity contribution in [3.8, 4) is 136 Å². The van der Waals surface area contributed by atoms with Crippen molar-refractivity contribution in [1.29, 1.82) is 0 Å². The molecule has 21 aromatic rings. The van der Waals surface area contributed by atoms with E-state index >= 15 is 0 Å². The van der Waals surface area contributed by atoms with Gasteiger partial charge in [0.2, 0.25) is 0 Å². The minimum absolute atomic E-state index is 0.0887. The topological polar surface area (TPSA) is 55.4 Å². The minimum Gasteiger partial charge on any atom is -0.458 e. The van der Waals surface area contributed by atoms with Crippen LogP contribution in [0.3, 0.4) is 0 Å². The molecule has 3 aromatic heterocycles. The van der Waals surface area contributed by atoms with Gasteiger partial charge in [-0.1, -0.05) is 273 Å². The maximum Gasteiger partial charge on any atom is 0.260 e. The highest BCUT2D eigenvalue weighted by molar-refractivity contribution is 7.27. The number of fused-ring (bicyclic) bond motifs is 21. The smallest absolute Gasteiger partial charge is 0.260 e. The lowest BCUT2D eigenvalue weighted by molar-refractivity contribution is 0.464. The van der Waals surface area contributed by atoms with Crippen LogP contribution in [0.4, 0.5) is 0 Å². The molecule has 6 nitrogen and oxygen atoms in total. The Morgan fingerprint density at radius 3 is 0.817 bits per heavy atom. The van der Waals surface area contributed by atoms with Crippen LogP contribution in [0.1, 0.15) is 0 Å². The van der Waals surface area contributed by atoms with E-state index in [1.807, 2.05) is 70.4 Å². The Labute approximate surface area is 704 Å². The minimum atomic E-state index is 0.0887. The molecule has 0 amide bonds. The summed E-state index contributed by atoms with van der Waals surface area (Å²) in [5.74, 6) is 10.6. The lowest BCUT2D eigenvalue weighted by Crippen LogP contribution is -2.57. The number of hydrogen-bond donors (Lipinski definition) is 0. The van der Waals surface area contributed by atoms with Crippen LogP contribution < -0.4 is 77.6 Å². The molecular formula is C108H63B3O6S3. The molecule has 0 spiro atoms. The zero-order valence-electron chi connectivity index (χ0n) is 64.3. The second kappa shape index (κ2) is 27.6. The Morgan fingerprint density at radius 2 is 0.425 bits per heavy atom. The van der Waals surface area contributed by atoms with Crippen LogP contribution in [0.25, 0.3) is 127 Å². The van der Waals surface area contributed by atoms with Crippen molar-refractivity contribution >= 4 is 164 Å². The molecule has 9 heterocycles. The second-order valence-electron chi connectivity index (χ2n) is 31.4. The Balaban J connectivity index is 0.0000000997. The Hall–Kier alpha value is -14.4. The second-order valence-corrected chi connectivity index (χ2v) is 34.6. The first-order chi connectivity index (χ1) is 59.4. The van der Waals surface area contributed by atoms with E-state index in [2.05, 4.69) is 346 Å². The van der Waals surface area contributed by atoms with Crippen molar-refractivity contribution in [2.45, 2.75) is 0 Å². The third-order valence-corrected chi connectivity index (χ3v) is 28.2. The molecule has 0 bridgehead atoms. The fourth-order valence-electron chi connectivity index (χ4n) is 19.1. The highest BCUT2D eigenvalue weighted by atomic mass is 32.1. The van der Waals surface area contributed by atoms with Gasteiger partial charge in [-0.3, -0.25) is 0 Å². The van der Waals surface area contributed by atoms with Gasteiger partial charge in [0.25, 0.3) is 20.1 Å². The first kappa shape index (κ1) is 68.8. The normalized spacial score (nSPS) is 12.8. The average Bonchev–Trinajstić information content (AvgIpc) is 0.887. The van der Waals surface area contributed by atoms with Crippen LogP contribution in [-0.2, 0) is 0 Å². The summed E-state index contributed by atoms with van der Waals surface area (Å²) in [6.45, 7) is 0.281. The zero-order chi connectivity index (χ0) is 78.6. The van der Waals surface area contributed by atoms with Gasteiger partial charge in [0.15, 0.2) is 0 Å². The van der Waals surface area contributed by atoms with E-state index in [-0.39, 0.29) is 20.1 Å². The van der Waals surface area contributed by atoms with Gasteiger partial charge in [0.1, 0.15) is 69.0 Å². The molecule has 0 unspecified atom stereocenters. The molecule has 0 aliphatic carbocycles. The third-order valence-electron chi connectivity index (χ3n) is 24.7. The number of ether oxygens (including phenoxy) is 6. The summed E-state index contributed by atoms with van der Waals surface area (Å²) in [6.07, 6.45) is 0. The van der Waals surface area contributed by atoms with Crippen LogP contribution in [0, 0.1) is 0 Å². The van der Waals surface area contributed by atoms with Crippen molar-refractivity contribution in [2.75, 3.05) is 0 Å². The fourth-order valence-corrected chi connectivity index (χ4v) is 22.7. The molecule has 0 fully saturated rings. The van der Waals surface area contributed by atoms with E-state index in [0.29, 0.717) is 0 Å². The summed E-state index contributed by atoms with van der Waals surface area (Å²) < 4.78 is 47.0. The summed E-state index contributed by atoms with van der Waals surface area (Å²) >= 11 is 5.58. The highest BCUT2D eigenvalue weighted by Crippen LogP contribution is 2.48. The van der Waals surface area contributed by atoms with Gasteiger partial charge in [0, 0.05) is 76.9 Å². The average molecular weight is 1590 g/mol. The monoisotopic (exact) mass is 1580 g/mol. The van der Waals surface area contributed by atoms with Gasteiger partial charge in [0.05, 0.1) is 0 Å². The van der Waals surface area contributed by atoms with E-state index in [9.17, 15) is 0 Å². The van der Waals surface area contributed by atoms with Gasteiger partial charge in [-0.2, -0.15) is 0 Å². The molecule has 6 aliphatic rings. The molecule has 120 heavy (non-hydrogen) atoms. The molecular weight excluding hydrogens is 1520 g/mol. The largest absolute Gasteiger partial charge is 0.458 e. The first-order valence-corrected chi connectivity index (χ1v) is 43.1. The van der Waals surface area contributed by atoms with Crippen LogP contribution in [-0.4, -0.2) is 20.1 Å². The lowest BCUT2D eigenvalue weighted by atomic mass is 9.35. The number of rotatable bonds is 6. The predicted octanol–water partition coefficient (Wildman–Crippen LogP) is 24.3. The Bertz CT molecular complexity index is 7640. The summed E-state index contributed by atoms with van der Waals surface area (Å²) in [5.41, 5.74) is 24.4. The zero-order valence-corrected chi connectivity index (χ0v) is 66.7. The number of hydrogen-bond acceptors (Lipinski definition) is 9. The van der Waals surface area contributed by atoms with Gasteiger partial charge >= 0.3 is 0 Å². The SMILES string of the molecule is c1cc(-c2cc3c4c(c2)Oc2ccccc2B4c2ccccc2O3)cc(-c2cccc3c2sc2ccccc23)c1.c1ccc2c(c1)Oc1cc(-c3ccc(-c4ccc5sc6ccccc6c5c4)cc3)cc3c1B2c1ccccc1O3.c1ccc2c(c1)Oc1cc(-c3ccc(-c4cccc5c4sc4ccccc45)cc3)cc3c1B2c1ccccc1O3. The molecule has 0 radical (unpaired) electrons. The van der Waals surface area contributed by atoms with Crippen LogP contribution >= 0.6 is 34.0 Å². The standard InChI is InChI=1S/3C36H21BO2S/c1-6-18-34-26(11-1)27-13-8-12-25(36(27)40-34)23-10-7-9-22(19-23)24-20-32-35-33(21-24)39-31-17-5-3-15-29(31)37(35)28-14-2-4-16-30(28)38-32;1-6-15-34-26(8-1)27-10-7-9-25(36(27)40-34)23-18-16-22(17-19-23)24-20-32-35-33(21-24)39-31-14-5-3-12-29(31)37(35)28-11-2-4-13-30(28)38-32;1-6-12-34-26(7-1)27-19-24(17-18-35(27)40-34)22-13-15-23(16-14-22)25-20-32-36-33(21-25)39-31-11-5-3-9-29(31)37(36)28-8-2-4-10-30(28)38-32/h3*1-21H. The molecule has 27 rings (SSSR count). The number of benzene rings is 18.